The van der Waals surface area contributed by atoms with E-state index >= 15 is 0 Å². The molecular weight excluding hydrogens is 282 g/mol. The number of carbonyl (C=O) groups excluding carboxylic acids is 1. The summed E-state index contributed by atoms with van der Waals surface area (Å²) in [6.07, 6.45) is 8.28. The molecule has 21 heavy (non-hydrogen) atoms. The summed E-state index contributed by atoms with van der Waals surface area (Å²) >= 11 is 1.72. The van der Waals surface area contributed by atoms with Gasteiger partial charge in [0.05, 0.1) is 17.7 Å². The maximum Gasteiger partial charge on any atom is 0.252 e. The van der Waals surface area contributed by atoms with Crippen LogP contribution in [0.3, 0.4) is 0 Å². The monoisotopic (exact) mass is 307 g/mol. The highest BCUT2D eigenvalue weighted by atomic mass is 32.1. The number of carbonyl (C=O) groups is 1. The number of hydrogen-bond donors (Lipinski definition) is 2. The molecule has 1 aromatic rings. The third kappa shape index (κ3) is 3.16. The van der Waals surface area contributed by atoms with Gasteiger partial charge >= 0.3 is 0 Å². The molecule has 2 N–H and O–H groups in total. The molecular formula is C17H25NO2S. The fourth-order valence-corrected chi connectivity index (χ4v) is 4.99. The normalized spacial score (nSPS) is 29.9. The molecule has 0 saturated heterocycles. The van der Waals surface area contributed by atoms with Crippen molar-refractivity contribution in [1.82, 2.24) is 5.32 Å². The van der Waals surface area contributed by atoms with Crippen LogP contribution in [0.15, 0.2) is 11.4 Å². The minimum absolute atomic E-state index is 0.0192. The summed E-state index contributed by atoms with van der Waals surface area (Å²) in [5.41, 5.74) is 0.400. The molecule has 1 aromatic heterocycles. The number of amides is 1. The summed E-state index contributed by atoms with van der Waals surface area (Å²) in [6, 6.07) is 2.07. The summed E-state index contributed by atoms with van der Waals surface area (Å²) in [5, 5.41) is 14.6. The Labute approximate surface area is 130 Å². The molecule has 4 heteroatoms. The summed E-state index contributed by atoms with van der Waals surface area (Å²) in [5.74, 6) is 1.23. The Hall–Kier alpha value is -0.870. The first kappa shape index (κ1) is 15.0. The quantitative estimate of drug-likeness (QED) is 0.891. The minimum atomic E-state index is -0.372. The molecule has 2 fully saturated rings. The second-order valence-electron chi connectivity index (χ2n) is 6.98. The van der Waals surface area contributed by atoms with Crippen LogP contribution in [0, 0.1) is 5.92 Å². The first-order chi connectivity index (χ1) is 10.1. The van der Waals surface area contributed by atoms with Crippen molar-refractivity contribution in [2.45, 2.75) is 63.3 Å². The van der Waals surface area contributed by atoms with Crippen LogP contribution >= 0.6 is 11.3 Å². The zero-order chi connectivity index (χ0) is 14.9. The van der Waals surface area contributed by atoms with E-state index in [-0.39, 0.29) is 18.1 Å². The van der Waals surface area contributed by atoms with E-state index in [9.17, 15) is 9.90 Å². The van der Waals surface area contributed by atoms with E-state index in [4.69, 9.17) is 0 Å². The van der Waals surface area contributed by atoms with E-state index in [1.165, 1.54) is 37.0 Å². The van der Waals surface area contributed by atoms with Gasteiger partial charge < -0.3 is 10.4 Å². The van der Waals surface area contributed by atoms with Crippen molar-refractivity contribution < 1.29 is 9.90 Å². The highest BCUT2D eigenvalue weighted by molar-refractivity contribution is 7.10. The van der Waals surface area contributed by atoms with Gasteiger partial charge in [-0.2, -0.15) is 0 Å². The summed E-state index contributed by atoms with van der Waals surface area (Å²) in [4.78, 5) is 13.8. The zero-order valence-corrected chi connectivity index (χ0v) is 13.5. The molecule has 1 amide bonds. The molecule has 0 spiro atoms. The Balaban J connectivity index is 1.64. The fourth-order valence-electron chi connectivity index (χ4n) is 3.93. The fraction of sp³-hybridized carbons (Fsp3) is 0.706. The van der Waals surface area contributed by atoms with E-state index in [0.29, 0.717) is 11.8 Å². The van der Waals surface area contributed by atoms with E-state index < -0.39 is 0 Å². The van der Waals surface area contributed by atoms with Crippen LogP contribution in [0.25, 0.3) is 0 Å². The third-order valence-corrected chi connectivity index (χ3v) is 6.14. The lowest BCUT2D eigenvalue weighted by molar-refractivity contribution is 0.0407. The lowest BCUT2D eigenvalue weighted by Gasteiger charge is -2.45. The number of aliphatic hydroxyl groups excluding tert-OH is 1. The van der Waals surface area contributed by atoms with Gasteiger partial charge in [-0.05, 0) is 43.6 Å². The van der Waals surface area contributed by atoms with Crippen LogP contribution in [0.2, 0.25) is 0 Å². The summed E-state index contributed by atoms with van der Waals surface area (Å²) < 4.78 is 0. The number of aliphatic hydroxyl groups is 1. The third-order valence-electron chi connectivity index (χ3n) is 5.05. The van der Waals surface area contributed by atoms with Crippen molar-refractivity contribution in [2.75, 3.05) is 6.61 Å². The Morgan fingerprint density at radius 3 is 2.71 bits per heavy atom. The van der Waals surface area contributed by atoms with E-state index in [2.05, 4.69) is 18.3 Å². The number of hydrogen-bond acceptors (Lipinski definition) is 3. The van der Waals surface area contributed by atoms with E-state index in [0.717, 1.165) is 18.4 Å². The lowest BCUT2D eigenvalue weighted by atomic mass is 9.69. The van der Waals surface area contributed by atoms with Crippen molar-refractivity contribution in [2.24, 2.45) is 5.92 Å². The van der Waals surface area contributed by atoms with Crippen molar-refractivity contribution in [1.29, 1.82) is 0 Å². The molecule has 116 valence electrons. The molecule has 2 saturated carbocycles. The maximum absolute atomic E-state index is 12.4. The summed E-state index contributed by atoms with van der Waals surface area (Å²) in [6.45, 7) is 2.20. The largest absolute Gasteiger partial charge is 0.394 e. The van der Waals surface area contributed by atoms with Gasteiger partial charge in [-0.25, -0.2) is 0 Å². The van der Waals surface area contributed by atoms with Crippen LogP contribution in [0.1, 0.15) is 73.0 Å². The summed E-state index contributed by atoms with van der Waals surface area (Å²) in [7, 11) is 0. The average Bonchev–Trinajstić information content (AvgIpc) is 2.96. The first-order valence-electron chi connectivity index (χ1n) is 8.14. The molecule has 2 aliphatic rings. The van der Waals surface area contributed by atoms with Gasteiger partial charge in [0.25, 0.3) is 5.91 Å². The molecule has 2 aliphatic carbocycles. The molecule has 0 aliphatic heterocycles. The smallest absolute Gasteiger partial charge is 0.252 e. The standard InChI is InChI=1S/C17H25NO2S/c1-12-8-17(9-12,11-19)18-16(20)14-7-15(21-10-14)13-5-3-2-4-6-13/h7,10,12-13,19H,2-6,8-9,11H2,1H3,(H,18,20). The van der Waals surface area contributed by atoms with Crippen molar-refractivity contribution in [3.63, 3.8) is 0 Å². The molecule has 0 radical (unpaired) electrons. The van der Waals surface area contributed by atoms with Crippen molar-refractivity contribution >= 4 is 17.2 Å². The van der Waals surface area contributed by atoms with Crippen LogP contribution in [-0.4, -0.2) is 23.2 Å². The lowest BCUT2D eigenvalue weighted by Crippen LogP contribution is -2.59. The van der Waals surface area contributed by atoms with Gasteiger partial charge in [-0.1, -0.05) is 26.2 Å². The zero-order valence-electron chi connectivity index (χ0n) is 12.7. The van der Waals surface area contributed by atoms with Gasteiger partial charge in [-0.15, -0.1) is 11.3 Å². The Bertz CT molecular complexity index is 499. The molecule has 1 heterocycles. The molecule has 0 atom stereocenters. The van der Waals surface area contributed by atoms with Gasteiger partial charge in [0.15, 0.2) is 0 Å². The predicted molar refractivity (Wildman–Crippen MR) is 85.8 cm³/mol. The van der Waals surface area contributed by atoms with Crippen LogP contribution in [0.4, 0.5) is 0 Å². The Kier molecular flexibility index (Phi) is 4.36. The number of thiophene rings is 1. The highest BCUT2D eigenvalue weighted by Crippen LogP contribution is 2.38. The van der Waals surface area contributed by atoms with Crippen molar-refractivity contribution in [3.8, 4) is 0 Å². The number of rotatable bonds is 4. The average molecular weight is 307 g/mol. The SMILES string of the molecule is CC1CC(CO)(NC(=O)c2csc(C3CCCCC3)c2)C1. The van der Waals surface area contributed by atoms with Crippen LogP contribution < -0.4 is 5.32 Å². The van der Waals surface area contributed by atoms with Crippen LogP contribution in [-0.2, 0) is 0 Å². The molecule has 0 bridgehead atoms. The van der Waals surface area contributed by atoms with Gasteiger partial charge in [0.2, 0.25) is 0 Å². The molecule has 3 rings (SSSR count). The van der Waals surface area contributed by atoms with E-state index in [1.54, 1.807) is 11.3 Å². The maximum atomic E-state index is 12.4. The number of nitrogens with one attached hydrogen (secondary N) is 1. The van der Waals surface area contributed by atoms with Crippen LogP contribution in [0.5, 0.6) is 0 Å². The van der Waals surface area contributed by atoms with Gasteiger partial charge in [-0.3, -0.25) is 4.79 Å². The van der Waals surface area contributed by atoms with E-state index in [1.807, 2.05) is 5.38 Å². The molecule has 0 aromatic carbocycles. The predicted octanol–water partition coefficient (Wildman–Crippen LogP) is 3.69. The molecule has 3 nitrogen and oxygen atoms in total. The molecule has 0 unspecified atom stereocenters. The van der Waals surface area contributed by atoms with Gasteiger partial charge in [0.1, 0.15) is 0 Å². The Morgan fingerprint density at radius 2 is 2.10 bits per heavy atom. The van der Waals surface area contributed by atoms with Gasteiger partial charge in [0, 0.05) is 10.3 Å². The van der Waals surface area contributed by atoms with Crippen molar-refractivity contribution in [3.05, 3.63) is 21.9 Å². The second-order valence-corrected chi connectivity index (χ2v) is 7.92. The topological polar surface area (TPSA) is 49.3 Å². The minimum Gasteiger partial charge on any atom is -0.394 e. The second kappa shape index (κ2) is 6.09. The Morgan fingerprint density at radius 1 is 1.38 bits per heavy atom. The highest BCUT2D eigenvalue weighted by Gasteiger charge is 2.42. The first-order valence-corrected chi connectivity index (χ1v) is 9.02.